The Hall–Kier alpha value is -2.86. The van der Waals surface area contributed by atoms with E-state index in [0.29, 0.717) is 29.4 Å². The number of halogens is 1. The Kier molecular flexibility index (Phi) is 5.99. The van der Waals surface area contributed by atoms with Crippen LogP contribution in [0.4, 0.5) is 5.69 Å². The van der Waals surface area contributed by atoms with Gasteiger partial charge < -0.3 is 15.1 Å². The van der Waals surface area contributed by atoms with Crippen LogP contribution in [0.3, 0.4) is 0 Å². The van der Waals surface area contributed by atoms with E-state index in [-0.39, 0.29) is 24.1 Å². The molecule has 0 saturated carbocycles. The van der Waals surface area contributed by atoms with Crippen LogP contribution in [-0.4, -0.2) is 43.3 Å². The summed E-state index contributed by atoms with van der Waals surface area (Å²) in [5, 5.41) is 3.07. The van der Waals surface area contributed by atoms with Crippen LogP contribution in [0.2, 0.25) is 5.02 Å². The Morgan fingerprint density at radius 2 is 1.86 bits per heavy atom. The lowest BCUT2D eigenvalue weighted by Gasteiger charge is -2.22. The van der Waals surface area contributed by atoms with E-state index < -0.39 is 5.92 Å². The van der Waals surface area contributed by atoms with Crippen molar-refractivity contribution in [1.29, 1.82) is 0 Å². The molecule has 0 bridgehead atoms. The number of carbonyl (C=O) groups is 3. The fraction of sp³-hybridized carbons (Fsp3) is 0.286. The van der Waals surface area contributed by atoms with Gasteiger partial charge in [-0.25, -0.2) is 0 Å². The van der Waals surface area contributed by atoms with E-state index in [9.17, 15) is 14.4 Å². The average molecular weight is 400 g/mol. The number of nitrogens with one attached hydrogen (secondary N) is 1. The van der Waals surface area contributed by atoms with Gasteiger partial charge in [-0.05, 0) is 29.8 Å². The Bertz CT molecular complexity index is 898. The molecule has 146 valence electrons. The molecule has 7 heteroatoms. The molecule has 1 saturated heterocycles. The zero-order chi connectivity index (χ0) is 20.3. The lowest BCUT2D eigenvalue weighted by Crippen LogP contribution is -2.34. The quantitative estimate of drug-likeness (QED) is 0.840. The molecule has 2 aromatic rings. The second-order valence-electron chi connectivity index (χ2n) is 6.83. The molecule has 3 amide bonds. The summed E-state index contributed by atoms with van der Waals surface area (Å²) in [7, 11) is 3.30. The van der Waals surface area contributed by atoms with E-state index in [2.05, 4.69) is 5.32 Å². The highest BCUT2D eigenvalue weighted by Crippen LogP contribution is 2.31. The van der Waals surface area contributed by atoms with Gasteiger partial charge in [0.2, 0.25) is 11.8 Å². The average Bonchev–Trinajstić information content (AvgIpc) is 3.09. The molecule has 1 heterocycles. The van der Waals surface area contributed by atoms with Gasteiger partial charge in [0.15, 0.2) is 0 Å². The van der Waals surface area contributed by atoms with Crippen molar-refractivity contribution < 1.29 is 14.4 Å². The van der Waals surface area contributed by atoms with Crippen molar-refractivity contribution in [2.24, 2.45) is 5.92 Å². The Morgan fingerprint density at radius 3 is 2.50 bits per heavy atom. The van der Waals surface area contributed by atoms with Crippen LogP contribution in [0.1, 0.15) is 22.3 Å². The summed E-state index contributed by atoms with van der Waals surface area (Å²) >= 11 is 6.19. The summed E-state index contributed by atoms with van der Waals surface area (Å²) in [5.41, 5.74) is 2.12. The minimum Gasteiger partial charge on any atom is -0.355 e. The van der Waals surface area contributed by atoms with Gasteiger partial charge in [0, 0.05) is 39.2 Å². The lowest BCUT2D eigenvalue weighted by molar-refractivity contribution is -0.135. The molecule has 3 rings (SSSR count). The highest BCUT2D eigenvalue weighted by atomic mass is 35.5. The molecule has 0 spiro atoms. The molecular weight excluding hydrogens is 378 g/mol. The standard InChI is InChI=1S/C21H22ClN3O3/c1-23-20(27)15-9-7-14(8-10-15)12-24(2)21(28)16-11-19(26)25(13-16)18-6-4-3-5-17(18)22/h3-10,16H,11-13H2,1-2H3,(H,23,27). The third-order valence-corrected chi connectivity index (χ3v) is 5.18. The molecule has 1 aliphatic rings. The Labute approximate surface area is 169 Å². The van der Waals surface area contributed by atoms with Gasteiger partial charge in [-0.15, -0.1) is 0 Å². The van der Waals surface area contributed by atoms with E-state index >= 15 is 0 Å². The van der Waals surface area contributed by atoms with Crippen molar-refractivity contribution in [3.8, 4) is 0 Å². The van der Waals surface area contributed by atoms with Gasteiger partial charge in [-0.2, -0.15) is 0 Å². The summed E-state index contributed by atoms with van der Waals surface area (Å²) in [6, 6.07) is 14.2. The van der Waals surface area contributed by atoms with Crippen LogP contribution in [0.15, 0.2) is 48.5 Å². The first-order chi connectivity index (χ1) is 13.4. The summed E-state index contributed by atoms with van der Waals surface area (Å²) < 4.78 is 0. The maximum atomic E-state index is 12.8. The molecule has 6 nitrogen and oxygen atoms in total. The third-order valence-electron chi connectivity index (χ3n) is 4.86. The van der Waals surface area contributed by atoms with Crippen LogP contribution in [0.25, 0.3) is 0 Å². The summed E-state index contributed by atoms with van der Waals surface area (Å²) in [6.07, 6.45) is 0.171. The highest BCUT2D eigenvalue weighted by Gasteiger charge is 2.37. The first-order valence-corrected chi connectivity index (χ1v) is 9.39. The lowest BCUT2D eigenvalue weighted by atomic mass is 10.1. The number of carbonyl (C=O) groups excluding carboxylic acids is 3. The molecule has 1 N–H and O–H groups in total. The number of rotatable bonds is 5. The van der Waals surface area contributed by atoms with E-state index in [1.165, 1.54) is 0 Å². The molecule has 2 aromatic carbocycles. The molecule has 1 atom stereocenters. The molecule has 28 heavy (non-hydrogen) atoms. The fourth-order valence-electron chi connectivity index (χ4n) is 3.35. The zero-order valence-corrected chi connectivity index (χ0v) is 16.6. The van der Waals surface area contributed by atoms with Crippen molar-refractivity contribution in [1.82, 2.24) is 10.2 Å². The van der Waals surface area contributed by atoms with Gasteiger partial charge in [0.1, 0.15) is 0 Å². The highest BCUT2D eigenvalue weighted by molar-refractivity contribution is 6.33. The topological polar surface area (TPSA) is 69.7 Å². The van der Waals surface area contributed by atoms with Crippen molar-refractivity contribution in [3.05, 3.63) is 64.7 Å². The maximum Gasteiger partial charge on any atom is 0.251 e. The van der Waals surface area contributed by atoms with Crippen molar-refractivity contribution in [3.63, 3.8) is 0 Å². The first kappa shape index (κ1) is 19.9. The Balaban J connectivity index is 1.64. The van der Waals surface area contributed by atoms with Gasteiger partial charge in [0.25, 0.3) is 5.91 Å². The van der Waals surface area contributed by atoms with Crippen LogP contribution in [-0.2, 0) is 16.1 Å². The van der Waals surface area contributed by atoms with E-state index in [0.717, 1.165) is 5.56 Å². The fourth-order valence-corrected chi connectivity index (χ4v) is 3.58. The molecular formula is C21H22ClN3O3. The second kappa shape index (κ2) is 8.44. The number of anilines is 1. The first-order valence-electron chi connectivity index (χ1n) is 9.01. The van der Waals surface area contributed by atoms with Crippen LogP contribution < -0.4 is 10.2 Å². The van der Waals surface area contributed by atoms with Crippen molar-refractivity contribution in [2.75, 3.05) is 25.5 Å². The monoisotopic (exact) mass is 399 g/mol. The maximum absolute atomic E-state index is 12.8. The summed E-state index contributed by atoms with van der Waals surface area (Å²) in [6.45, 7) is 0.727. The third kappa shape index (κ3) is 4.17. The number of hydrogen-bond donors (Lipinski definition) is 1. The van der Waals surface area contributed by atoms with Crippen LogP contribution in [0, 0.1) is 5.92 Å². The number of para-hydroxylation sites is 1. The number of hydrogen-bond acceptors (Lipinski definition) is 3. The molecule has 0 radical (unpaired) electrons. The van der Waals surface area contributed by atoms with E-state index in [1.807, 2.05) is 18.2 Å². The number of benzene rings is 2. The minimum atomic E-state index is -0.404. The molecule has 0 aromatic heterocycles. The van der Waals surface area contributed by atoms with Crippen LogP contribution in [0.5, 0.6) is 0 Å². The van der Waals surface area contributed by atoms with Crippen molar-refractivity contribution in [2.45, 2.75) is 13.0 Å². The van der Waals surface area contributed by atoms with E-state index in [1.54, 1.807) is 54.2 Å². The van der Waals surface area contributed by atoms with Gasteiger partial charge in [0.05, 0.1) is 16.6 Å². The number of nitrogens with zero attached hydrogens (tertiary/aromatic N) is 2. The normalized spacial score (nSPS) is 16.2. The van der Waals surface area contributed by atoms with Gasteiger partial charge >= 0.3 is 0 Å². The molecule has 1 fully saturated rings. The summed E-state index contributed by atoms with van der Waals surface area (Å²) in [4.78, 5) is 40.0. The minimum absolute atomic E-state index is 0.0849. The Morgan fingerprint density at radius 1 is 1.18 bits per heavy atom. The molecule has 0 aliphatic carbocycles. The van der Waals surface area contributed by atoms with E-state index in [4.69, 9.17) is 11.6 Å². The smallest absolute Gasteiger partial charge is 0.251 e. The SMILES string of the molecule is CNC(=O)c1ccc(CN(C)C(=O)C2CC(=O)N(c3ccccc3Cl)C2)cc1. The summed E-state index contributed by atoms with van der Waals surface area (Å²) in [5.74, 6) is -0.743. The largest absolute Gasteiger partial charge is 0.355 e. The zero-order valence-electron chi connectivity index (χ0n) is 15.8. The predicted molar refractivity (Wildman–Crippen MR) is 108 cm³/mol. The van der Waals surface area contributed by atoms with Gasteiger partial charge in [-0.1, -0.05) is 35.9 Å². The second-order valence-corrected chi connectivity index (χ2v) is 7.23. The van der Waals surface area contributed by atoms with Gasteiger partial charge in [-0.3, -0.25) is 14.4 Å². The predicted octanol–water partition coefficient (Wildman–Crippen LogP) is 2.71. The van der Waals surface area contributed by atoms with Crippen LogP contribution >= 0.6 is 11.6 Å². The molecule has 1 aliphatic heterocycles. The molecule has 1 unspecified atom stereocenters. The number of amides is 3. The van der Waals surface area contributed by atoms with Crippen molar-refractivity contribution >= 4 is 35.0 Å².